The topological polar surface area (TPSA) is 83.6 Å². The Morgan fingerprint density at radius 1 is 1.48 bits per heavy atom. The summed E-state index contributed by atoms with van der Waals surface area (Å²) < 4.78 is 0. The third-order valence-corrected chi connectivity index (χ3v) is 5.32. The number of amides is 1. The van der Waals surface area contributed by atoms with Gasteiger partial charge in [-0.3, -0.25) is 9.59 Å². The number of nitrogens with two attached hydrogens (primary N) is 1. The van der Waals surface area contributed by atoms with Crippen LogP contribution in [0.25, 0.3) is 0 Å². The quantitative estimate of drug-likeness (QED) is 0.844. The lowest BCUT2D eigenvalue weighted by Crippen LogP contribution is -2.27. The maximum Gasteiger partial charge on any atom is 0.305 e. The summed E-state index contributed by atoms with van der Waals surface area (Å²) in [5.74, 6) is -0.603. The minimum Gasteiger partial charge on any atom is -0.481 e. The van der Waals surface area contributed by atoms with Crippen LogP contribution in [-0.4, -0.2) is 30.1 Å². The van der Waals surface area contributed by atoms with Crippen LogP contribution in [0.2, 0.25) is 0 Å². The van der Waals surface area contributed by atoms with Gasteiger partial charge in [0, 0.05) is 18.0 Å². The summed E-state index contributed by atoms with van der Waals surface area (Å²) in [6.07, 6.45) is 3.01. The molecule has 0 aromatic carbocycles. The highest BCUT2D eigenvalue weighted by Crippen LogP contribution is 2.41. The Bertz CT molecular complexity index is 553. The molecule has 1 aliphatic carbocycles. The first kappa shape index (κ1) is 15.8. The molecule has 1 atom stereocenters. The van der Waals surface area contributed by atoms with Crippen molar-refractivity contribution in [3.8, 4) is 0 Å². The summed E-state index contributed by atoms with van der Waals surface area (Å²) in [6.45, 7) is 5.26. The number of carbonyl (C=O) groups excluding carboxylic acids is 1. The molecule has 0 fully saturated rings. The SMILES string of the molecule is CCN(CCC(=O)O)c1sc2c(c1C(N)=O)CCC(C)C2. The van der Waals surface area contributed by atoms with E-state index in [9.17, 15) is 9.59 Å². The number of nitrogens with zero attached hydrogens (tertiary/aromatic N) is 1. The highest BCUT2D eigenvalue weighted by atomic mass is 32.1. The number of hydrogen-bond donors (Lipinski definition) is 2. The third-order valence-electron chi connectivity index (χ3n) is 4.00. The van der Waals surface area contributed by atoms with E-state index in [1.54, 1.807) is 11.3 Å². The maximum atomic E-state index is 11.9. The van der Waals surface area contributed by atoms with Crippen LogP contribution in [0.4, 0.5) is 5.00 Å². The van der Waals surface area contributed by atoms with Gasteiger partial charge in [0.2, 0.25) is 0 Å². The zero-order chi connectivity index (χ0) is 15.6. The van der Waals surface area contributed by atoms with Crippen molar-refractivity contribution in [1.29, 1.82) is 0 Å². The number of fused-ring (bicyclic) bond motifs is 1. The largest absolute Gasteiger partial charge is 0.481 e. The van der Waals surface area contributed by atoms with Crippen LogP contribution in [0.3, 0.4) is 0 Å². The monoisotopic (exact) mass is 310 g/mol. The van der Waals surface area contributed by atoms with Crippen LogP contribution in [-0.2, 0) is 17.6 Å². The highest BCUT2D eigenvalue weighted by Gasteiger charge is 2.28. The summed E-state index contributed by atoms with van der Waals surface area (Å²) in [7, 11) is 0. The molecule has 116 valence electrons. The van der Waals surface area contributed by atoms with E-state index >= 15 is 0 Å². The van der Waals surface area contributed by atoms with Crippen LogP contribution in [0.15, 0.2) is 0 Å². The lowest BCUT2D eigenvalue weighted by atomic mass is 9.88. The molecule has 2 rings (SSSR count). The fourth-order valence-corrected chi connectivity index (χ4v) is 4.45. The summed E-state index contributed by atoms with van der Waals surface area (Å²) in [5, 5.41) is 9.72. The van der Waals surface area contributed by atoms with Crippen molar-refractivity contribution >= 4 is 28.2 Å². The molecule has 1 heterocycles. The molecule has 6 heteroatoms. The second-order valence-electron chi connectivity index (χ2n) is 5.62. The van der Waals surface area contributed by atoms with Crippen LogP contribution in [0, 0.1) is 5.92 Å². The van der Waals surface area contributed by atoms with Gasteiger partial charge in [-0.2, -0.15) is 0 Å². The van der Waals surface area contributed by atoms with Gasteiger partial charge < -0.3 is 15.7 Å². The predicted octanol–water partition coefficient (Wildman–Crippen LogP) is 2.27. The number of hydrogen-bond acceptors (Lipinski definition) is 4. The number of primary amides is 1. The Morgan fingerprint density at radius 3 is 2.76 bits per heavy atom. The van der Waals surface area contributed by atoms with Gasteiger partial charge in [-0.05, 0) is 37.7 Å². The highest BCUT2D eigenvalue weighted by molar-refractivity contribution is 7.16. The Hall–Kier alpha value is -1.56. The number of anilines is 1. The number of carboxylic acid groups (broad SMARTS) is 1. The minimum absolute atomic E-state index is 0.0605. The van der Waals surface area contributed by atoms with E-state index in [2.05, 4.69) is 6.92 Å². The van der Waals surface area contributed by atoms with Gasteiger partial charge in [0.05, 0.1) is 12.0 Å². The van der Waals surface area contributed by atoms with Crippen molar-refractivity contribution in [2.45, 2.75) is 39.5 Å². The minimum atomic E-state index is -0.830. The Labute approximate surface area is 128 Å². The lowest BCUT2D eigenvalue weighted by Gasteiger charge is -2.21. The standard InChI is InChI=1S/C15H22N2O3S/c1-3-17(7-6-12(18)19)15-13(14(16)20)10-5-4-9(2)8-11(10)21-15/h9H,3-8H2,1-2H3,(H2,16,20)(H,18,19). The van der Waals surface area contributed by atoms with Gasteiger partial charge in [-0.15, -0.1) is 11.3 Å². The van der Waals surface area contributed by atoms with Crippen molar-refractivity contribution < 1.29 is 14.7 Å². The second kappa shape index (κ2) is 6.47. The molecular weight excluding hydrogens is 288 g/mol. The average Bonchev–Trinajstić information content (AvgIpc) is 2.77. The smallest absolute Gasteiger partial charge is 0.305 e. The fraction of sp³-hybridized carbons (Fsp3) is 0.600. The summed E-state index contributed by atoms with van der Waals surface area (Å²) in [4.78, 5) is 25.9. The molecule has 0 saturated carbocycles. The van der Waals surface area contributed by atoms with Crippen LogP contribution >= 0.6 is 11.3 Å². The van der Waals surface area contributed by atoms with Crippen molar-refractivity contribution in [3.63, 3.8) is 0 Å². The molecular formula is C15H22N2O3S. The average molecular weight is 310 g/mol. The molecule has 0 spiro atoms. The molecule has 1 aromatic heterocycles. The molecule has 5 nitrogen and oxygen atoms in total. The van der Waals surface area contributed by atoms with Gasteiger partial charge in [-0.25, -0.2) is 0 Å². The Kier molecular flexibility index (Phi) is 4.88. The van der Waals surface area contributed by atoms with Gasteiger partial charge >= 0.3 is 5.97 Å². The molecule has 0 saturated heterocycles. The lowest BCUT2D eigenvalue weighted by molar-refractivity contribution is -0.136. The number of carboxylic acids is 1. The first-order valence-corrected chi connectivity index (χ1v) is 8.16. The van der Waals surface area contributed by atoms with E-state index in [1.807, 2.05) is 11.8 Å². The molecule has 0 bridgehead atoms. The van der Waals surface area contributed by atoms with Crippen molar-refractivity contribution in [2.24, 2.45) is 11.7 Å². The first-order valence-electron chi connectivity index (χ1n) is 7.35. The summed E-state index contributed by atoms with van der Waals surface area (Å²) in [5.41, 5.74) is 7.30. The van der Waals surface area contributed by atoms with Crippen LogP contribution in [0.1, 0.15) is 47.5 Å². The van der Waals surface area contributed by atoms with Crippen molar-refractivity contribution in [3.05, 3.63) is 16.0 Å². The number of rotatable bonds is 6. The van der Waals surface area contributed by atoms with Crippen molar-refractivity contribution in [2.75, 3.05) is 18.0 Å². The third kappa shape index (κ3) is 3.37. The van der Waals surface area contributed by atoms with Gasteiger partial charge in [-0.1, -0.05) is 6.92 Å². The summed E-state index contributed by atoms with van der Waals surface area (Å²) >= 11 is 1.61. The molecule has 1 aliphatic rings. The van der Waals surface area contributed by atoms with E-state index in [0.717, 1.165) is 29.8 Å². The molecule has 1 unspecified atom stereocenters. The molecule has 1 amide bonds. The van der Waals surface area contributed by atoms with E-state index < -0.39 is 11.9 Å². The maximum absolute atomic E-state index is 11.9. The molecule has 0 aliphatic heterocycles. The van der Waals surface area contributed by atoms with E-state index in [-0.39, 0.29) is 6.42 Å². The van der Waals surface area contributed by atoms with Gasteiger partial charge in [0.1, 0.15) is 5.00 Å². The Morgan fingerprint density at radius 2 is 2.19 bits per heavy atom. The van der Waals surface area contributed by atoms with E-state index in [4.69, 9.17) is 10.8 Å². The van der Waals surface area contributed by atoms with Crippen LogP contribution < -0.4 is 10.6 Å². The Balaban J connectivity index is 2.37. The summed E-state index contributed by atoms with van der Waals surface area (Å²) in [6, 6.07) is 0. The predicted molar refractivity (Wildman–Crippen MR) is 84.2 cm³/mol. The second-order valence-corrected chi connectivity index (χ2v) is 6.70. The van der Waals surface area contributed by atoms with Gasteiger partial charge in [0.15, 0.2) is 0 Å². The zero-order valence-corrected chi connectivity index (χ0v) is 13.3. The van der Waals surface area contributed by atoms with E-state index in [0.29, 0.717) is 24.6 Å². The number of carbonyl (C=O) groups is 2. The molecule has 1 aromatic rings. The molecule has 3 N–H and O–H groups in total. The fourth-order valence-electron chi connectivity index (χ4n) is 2.85. The van der Waals surface area contributed by atoms with E-state index in [1.165, 1.54) is 4.88 Å². The molecule has 0 radical (unpaired) electrons. The molecule has 21 heavy (non-hydrogen) atoms. The van der Waals surface area contributed by atoms with Crippen LogP contribution in [0.5, 0.6) is 0 Å². The van der Waals surface area contributed by atoms with Crippen molar-refractivity contribution in [1.82, 2.24) is 0 Å². The van der Waals surface area contributed by atoms with Gasteiger partial charge in [0.25, 0.3) is 5.91 Å². The number of aliphatic carboxylic acids is 1. The zero-order valence-electron chi connectivity index (χ0n) is 12.5. The normalized spacial score (nSPS) is 17.3. The first-order chi connectivity index (χ1) is 9.93. The number of thiophene rings is 1.